The average molecular weight is 300 g/mol. The Morgan fingerprint density at radius 1 is 0.955 bits per heavy atom. The molecule has 1 aliphatic heterocycles. The SMILES string of the molecule is CCCCCc1ccc(C=CB2OC(C)(C)C(C)(C)O2)cc1. The summed E-state index contributed by atoms with van der Waals surface area (Å²) in [4.78, 5) is 0. The maximum absolute atomic E-state index is 5.97. The third-order valence-electron chi connectivity index (χ3n) is 4.77. The van der Waals surface area contributed by atoms with Crippen molar-refractivity contribution in [1.82, 2.24) is 0 Å². The Bertz CT molecular complexity index is 487. The first-order valence-electron chi connectivity index (χ1n) is 8.47. The van der Waals surface area contributed by atoms with E-state index in [1.165, 1.54) is 36.8 Å². The third kappa shape index (κ3) is 4.24. The Labute approximate surface area is 136 Å². The van der Waals surface area contributed by atoms with Gasteiger partial charge in [0, 0.05) is 0 Å². The lowest BCUT2D eigenvalue weighted by Gasteiger charge is -2.32. The zero-order chi connectivity index (χ0) is 16.2. The van der Waals surface area contributed by atoms with Crippen molar-refractivity contribution in [3.05, 3.63) is 41.4 Å². The van der Waals surface area contributed by atoms with Crippen LogP contribution in [-0.4, -0.2) is 18.3 Å². The first kappa shape index (κ1) is 17.3. The molecule has 0 bridgehead atoms. The van der Waals surface area contributed by atoms with E-state index in [2.05, 4.69) is 65.0 Å². The predicted octanol–water partition coefficient (Wildman–Crippen LogP) is 5.06. The maximum Gasteiger partial charge on any atom is 0.487 e. The summed E-state index contributed by atoms with van der Waals surface area (Å²) < 4.78 is 11.9. The summed E-state index contributed by atoms with van der Waals surface area (Å²) in [6, 6.07) is 8.78. The topological polar surface area (TPSA) is 18.5 Å². The molecule has 1 saturated heterocycles. The third-order valence-corrected chi connectivity index (χ3v) is 4.77. The number of rotatable bonds is 6. The Kier molecular flexibility index (Phi) is 5.52. The second-order valence-electron chi connectivity index (χ2n) is 7.18. The summed E-state index contributed by atoms with van der Waals surface area (Å²) >= 11 is 0. The van der Waals surface area contributed by atoms with E-state index >= 15 is 0 Å². The van der Waals surface area contributed by atoms with Gasteiger partial charge in [-0.2, -0.15) is 0 Å². The molecule has 2 nitrogen and oxygen atoms in total. The van der Waals surface area contributed by atoms with Gasteiger partial charge in [-0.25, -0.2) is 0 Å². The Balaban J connectivity index is 1.91. The molecule has 1 heterocycles. The van der Waals surface area contributed by atoms with Crippen molar-refractivity contribution in [1.29, 1.82) is 0 Å². The minimum atomic E-state index is -0.273. The lowest BCUT2D eigenvalue weighted by Crippen LogP contribution is -2.41. The zero-order valence-corrected chi connectivity index (χ0v) is 14.7. The highest BCUT2D eigenvalue weighted by molar-refractivity contribution is 6.52. The monoisotopic (exact) mass is 300 g/mol. The highest BCUT2D eigenvalue weighted by Crippen LogP contribution is 2.37. The molecule has 2 rings (SSSR count). The number of hydrogen-bond acceptors (Lipinski definition) is 2. The van der Waals surface area contributed by atoms with Crippen molar-refractivity contribution in [2.45, 2.75) is 71.5 Å². The molecule has 1 fully saturated rings. The first-order valence-corrected chi connectivity index (χ1v) is 8.47. The number of unbranched alkanes of at least 4 members (excludes halogenated alkanes) is 2. The van der Waals surface area contributed by atoms with Gasteiger partial charge in [0.05, 0.1) is 11.2 Å². The van der Waals surface area contributed by atoms with Gasteiger partial charge in [-0.15, -0.1) is 0 Å². The van der Waals surface area contributed by atoms with Crippen LogP contribution in [0.3, 0.4) is 0 Å². The predicted molar refractivity (Wildman–Crippen MR) is 94.8 cm³/mol. The molecule has 3 heteroatoms. The molecule has 0 unspecified atom stereocenters. The van der Waals surface area contributed by atoms with Gasteiger partial charge in [0.15, 0.2) is 0 Å². The Hall–Kier alpha value is -1.06. The molecule has 0 atom stereocenters. The summed E-state index contributed by atoms with van der Waals surface area (Å²) in [5.74, 6) is 2.00. The highest BCUT2D eigenvalue weighted by atomic mass is 16.7. The van der Waals surface area contributed by atoms with E-state index in [0.717, 1.165) is 0 Å². The molecule has 0 radical (unpaired) electrons. The average Bonchev–Trinajstić information content (AvgIpc) is 2.66. The number of aryl methyl sites for hydroxylation is 1. The molecule has 22 heavy (non-hydrogen) atoms. The van der Waals surface area contributed by atoms with Gasteiger partial charge in [-0.3, -0.25) is 0 Å². The van der Waals surface area contributed by atoms with Crippen molar-refractivity contribution in [2.75, 3.05) is 0 Å². The molecule has 0 saturated carbocycles. The molecule has 0 spiro atoms. The van der Waals surface area contributed by atoms with Crippen LogP contribution >= 0.6 is 0 Å². The molecule has 0 amide bonds. The van der Waals surface area contributed by atoms with Crippen LogP contribution in [0.25, 0.3) is 6.08 Å². The van der Waals surface area contributed by atoms with Crippen LogP contribution in [0.15, 0.2) is 30.2 Å². The smallest absolute Gasteiger partial charge is 0.400 e. The Morgan fingerprint density at radius 2 is 1.55 bits per heavy atom. The van der Waals surface area contributed by atoms with Gasteiger partial charge in [0.25, 0.3) is 0 Å². The minimum absolute atomic E-state index is 0.269. The first-order chi connectivity index (χ1) is 10.3. The van der Waals surface area contributed by atoms with E-state index in [1.807, 2.05) is 5.98 Å². The molecular weight excluding hydrogens is 271 g/mol. The van der Waals surface area contributed by atoms with Crippen molar-refractivity contribution in [2.24, 2.45) is 0 Å². The van der Waals surface area contributed by atoms with Crippen LogP contribution in [-0.2, 0) is 15.7 Å². The Morgan fingerprint density at radius 3 is 2.09 bits per heavy atom. The van der Waals surface area contributed by atoms with Crippen LogP contribution in [0.5, 0.6) is 0 Å². The molecular formula is C19H29BO2. The van der Waals surface area contributed by atoms with Crippen molar-refractivity contribution >= 4 is 13.2 Å². The largest absolute Gasteiger partial charge is 0.487 e. The minimum Gasteiger partial charge on any atom is -0.400 e. The summed E-state index contributed by atoms with van der Waals surface area (Å²) in [6.07, 6.45) is 7.12. The van der Waals surface area contributed by atoms with Crippen molar-refractivity contribution < 1.29 is 9.31 Å². The number of hydrogen-bond donors (Lipinski definition) is 0. The summed E-state index contributed by atoms with van der Waals surface area (Å²) in [5, 5.41) is 0. The van der Waals surface area contributed by atoms with Crippen LogP contribution in [0.4, 0.5) is 0 Å². The normalized spacial score (nSPS) is 20.0. The maximum atomic E-state index is 5.97. The van der Waals surface area contributed by atoms with Gasteiger partial charge < -0.3 is 9.31 Å². The van der Waals surface area contributed by atoms with Crippen LogP contribution in [0.1, 0.15) is 65.0 Å². The van der Waals surface area contributed by atoms with Gasteiger partial charge >= 0.3 is 7.12 Å². The molecule has 0 aliphatic carbocycles. The van der Waals surface area contributed by atoms with E-state index in [0.29, 0.717) is 0 Å². The lowest BCUT2D eigenvalue weighted by atomic mass is 9.89. The van der Waals surface area contributed by atoms with Gasteiger partial charge in [-0.05, 0) is 51.7 Å². The van der Waals surface area contributed by atoms with Crippen LogP contribution < -0.4 is 0 Å². The molecule has 120 valence electrons. The highest BCUT2D eigenvalue weighted by Gasteiger charge is 2.49. The molecule has 1 aliphatic rings. The number of benzene rings is 1. The van der Waals surface area contributed by atoms with Gasteiger partial charge in [0.2, 0.25) is 0 Å². The summed E-state index contributed by atoms with van der Waals surface area (Å²) in [5.41, 5.74) is 2.06. The van der Waals surface area contributed by atoms with E-state index < -0.39 is 0 Å². The zero-order valence-electron chi connectivity index (χ0n) is 14.7. The second-order valence-corrected chi connectivity index (χ2v) is 7.18. The standard InChI is InChI=1S/C19H29BO2/c1-6-7-8-9-16-10-12-17(13-11-16)14-15-20-21-18(2,3)19(4,5)22-20/h10-15H,6-9H2,1-5H3. The summed E-state index contributed by atoms with van der Waals surface area (Å²) in [7, 11) is -0.269. The fourth-order valence-corrected chi connectivity index (χ4v) is 2.53. The molecule has 1 aromatic carbocycles. The fraction of sp³-hybridized carbons (Fsp3) is 0.579. The van der Waals surface area contributed by atoms with E-state index in [-0.39, 0.29) is 18.3 Å². The molecule has 0 aromatic heterocycles. The van der Waals surface area contributed by atoms with E-state index in [9.17, 15) is 0 Å². The van der Waals surface area contributed by atoms with Gasteiger partial charge in [-0.1, -0.05) is 56.1 Å². The van der Waals surface area contributed by atoms with Crippen molar-refractivity contribution in [3.8, 4) is 0 Å². The summed E-state index contributed by atoms with van der Waals surface area (Å²) in [6.45, 7) is 10.5. The lowest BCUT2D eigenvalue weighted by molar-refractivity contribution is 0.00578. The second kappa shape index (κ2) is 7.01. The molecule has 1 aromatic rings. The van der Waals surface area contributed by atoms with E-state index in [4.69, 9.17) is 9.31 Å². The quantitative estimate of drug-likeness (QED) is 0.540. The molecule has 0 N–H and O–H groups in total. The van der Waals surface area contributed by atoms with Crippen LogP contribution in [0, 0.1) is 0 Å². The van der Waals surface area contributed by atoms with Gasteiger partial charge in [0.1, 0.15) is 0 Å². The van der Waals surface area contributed by atoms with E-state index in [1.54, 1.807) is 0 Å². The van der Waals surface area contributed by atoms with Crippen molar-refractivity contribution in [3.63, 3.8) is 0 Å². The van der Waals surface area contributed by atoms with Crippen LogP contribution in [0.2, 0.25) is 0 Å². The fourth-order valence-electron chi connectivity index (χ4n) is 2.53.